The van der Waals surface area contributed by atoms with E-state index in [1.165, 1.54) is 12.8 Å². The Morgan fingerprint density at radius 3 is 1.57 bits per heavy atom. The molecule has 0 spiro atoms. The van der Waals surface area contributed by atoms with Crippen molar-refractivity contribution in [1.29, 1.82) is 0 Å². The summed E-state index contributed by atoms with van der Waals surface area (Å²) < 4.78 is 9.94. The molecule has 1 N–H and O–H groups in total. The SMILES string of the molecule is CCCCCCCC(=O)OCC(O)COC(=O)CCCCCC. The highest BCUT2D eigenvalue weighted by molar-refractivity contribution is 5.69. The van der Waals surface area contributed by atoms with E-state index in [9.17, 15) is 14.7 Å². The number of aliphatic hydroxyl groups excluding tert-OH is 1. The highest BCUT2D eigenvalue weighted by atomic mass is 16.6. The van der Waals surface area contributed by atoms with Gasteiger partial charge >= 0.3 is 11.9 Å². The maximum atomic E-state index is 11.5. The fraction of sp³-hybridized carbons (Fsp3) is 0.889. The van der Waals surface area contributed by atoms with Gasteiger partial charge in [-0.1, -0.05) is 58.8 Å². The van der Waals surface area contributed by atoms with Gasteiger partial charge in [-0.3, -0.25) is 9.59 Å². The third kappa shape index (κ3) is 15.6. The monoisotopic (exact) mass is 330 g/mol. The lowest BCUT2D eigenvalue weighted by Crippen LogP contribution is -2.25. The maximum Gasteiger partial charge on any atom is 0.305 e. The van der Waals surface area contributed by atoms with E-state index in [1.807, 2.05) is 0 Å². The van der Waals surface area contributed by atoms with Gasteiger partial charge in [0.25, 0.3) is 0 Å². The average molecular weight is 330 g/mol. The lowest BCUT2D eigenvalue weighted by molar-refractivity contribution is -0.152. The Balaban J connectivity index is 3.52. The topological polar surface area (TPSA) is 72.8 Å². The van der Waals surface area contributed by atoms with E-state index in [0.717, 1.165) is 44.9 Å². The second-order valence-electron chi connectivity index (χ2n) is 5.99. The van der Waals surface area contributed by atoms with Gasteiger partial charge in [0.1, 0.15) is 19.3 Å². The molecule has 0 saturated heterocycles. The molecule has 1 atom stereocenters. The Hall–Kier alpha value is -1.10. The Labute approximate surface area is 140 Å². The zero-order valence-corrected chi connectivity index (χ0v) is 14.8. The molecule has 5 nitrogen and oxygen atoms in total. The minimum Gasteiger partial charge on any atom is -0.463 e. The van der Waals surface area contributed by atoms with Crippen molar-refractivity contribution in [3.63, 3.8) is 0 Å². The smallest absolute Gasteiger partial charge is 0.305 e. The molecule has 0 fully saturated rings. The molecule has 1 unspecified atom stereocenters. The first kappa shape index (κ1) is 21.9. The summed E-state index contributed by atoms with van der Waals surface area (Å²) in [5.74, 6) is -0.603. The van der Waals surface area contributed by atoms with Crippen molar-refractivity contribution in [3.05, 3.63) is 0 Å². The Kier molecular flexibility index (Phi) is 15.0. The van der Waals surface area contributed by atoms with Gasteiger partial charge < -0.3 is 14.6 Å². The lowest BCUT2D eigenvalue weighted by Gasteiger charge is -2.12. The Morgan fingerprint density at radius 2 is 1.13 bits per heavy atom. The second-order valence-corrected chi connectivity index (χ2v) is 5.99. The molecule has 0 aromatic rings. The number of aliphatic hydroxyl groups is 1. The van der Waals surface area contributed by atoms with Crippen LogP contribution in [0.15, 0.2) is 0 Å². The van der Waals surface area contributed by atoms with Crippen molar-refractivity contribution in [3.8, 4) is 0 Å². The van der Waals surface area contributed by atoms with Crippen molar-refractivity contribution in [2.75, 3.05) is 13.2 Å². The average Bonchev–Trinajstić information content (AvgIpc) is 2.54. The van der Waals surface area contributed by atoms with Gasteiger partial charge in [-0.15, -0.1) is 0 Å². The van der Waals surface area contributed by atoms with E-state index >= 15 is 0 Å². The van der Waals surface area contributed by atoms with Gasteiger partial charge in [0, 0.05) is 12.8 Å². The van der Waals surface area contributed by atoms with Crippen molar-refractivity contribution < 1.29 is 24.2 Å². The molecular formula is C18H34O5. The first-order valence-electron chi connectivity index (χ1n) is 9.09. The van der Waals surface area contributed by atoms with Crippen molar-refractivity contribution in [2.24, 2.45) is 0 Å². The summed E-state index contributed by atoms with van der Waals surface area (Å²) in [5.41, 5.74) is 0. The molecule has 0 heterocycles. The number of unbranched alkanes of at least 4 members (excludes halogenated alkanes) is 7. The van der Waals surface area contributed by atoms with Crippen LogP contribution in [0.25, 0.3) is 0 Å². The normalized spacial score (nSPS) is 12.0. The molecule has 0 aliphatic carbocycles. The zero-order chi connectivity index (χ0) is 17.3. The highest BCUT2D eigenvalue weighted by Gasteiger charge is 2.11. The van der Waals surface area contributed by atoms with Crippen LogP contribution in [0.3, 0.4) is 0 Å². The van der Waals surface area contributed by atoms with Gasteiger partial charge in [0.2, 0.25) is 0 Å². The quantitative estimate of drug-likeness (QED) is 0.365. The van der Waals surface area contributed by atoms with Gasteiger partial charge in [-0.25, -0.2) is 0 Å². The van der Waals surface area contributed by atoms with Crippen LogP contribution in [0.4, 0.5) is 0 Å². The summed E-state index contributed by atoms with van der Waals surface area (Å²) in [7, 11) is 0. The molecule has 0 rings (SSSR count). The van der Waals surface area contributed by atoms with Gasteiger partial charge in [0.05, 0.1) is 0 Å². The fourth-order valence-electron chi connectivity index (χ4n) is 2.14. The molecular weight excluding hydrogens is 296 g/mol. The highest BCUT2D eigenvalue weighted by Crippen LogP contribution is 2.06. The number of ether oxygens (including phenoxy) is 2. The minimum atomic E-state index is -0.946. The molecule has 0 amide bonds. The number of hydrogen-bond donors (Lipinski definition) is 1. The summed E-state index contributed by atoms with van der Waals surface area (Å²) in [5, 5.41) is 9.64. The van der Waals surface area contributed by atoms with Crippen LogP contribution >= 0.6 is 0 Å². The molecule has 5 heteroatoms. The maximum absolute atomic E-state index is 11.5. The van der Waals surface area contributed by atoms with Gasteiger partial charge in [-0.05, 0) is 12.8 Å². The number of carbonyl (C=O) groups is 2. The van der Waals surface area contributed by atoms with E-state index in [0.29, 0.717) is 12.8 Å². The Bertz CT molecular complexity index is 304. The molecule has 0 aromatic heterocycles. The first-order valence-corrected chi connectivity index (χ1v) is 9.09. The van der Waals surface area contributed by atoms with Crippen LogP contribution in [0.5, 0.6) is 0 Å². The summed E-state index contributed by atoms with van der Waals surface area (Å²) in [4.78, 5) is 22.9. The third-order valence-corrected chi connectivity index (χ3v) is 3.59. The molecule has 0 aromatic carbocycles. The molecule has 0 bridgehead atoms. The van der Waals surface area contributed by atoms with E-state index in [1.54, 1.807) is 0 Å². The van der Waals surface area contributed by atoms with Crippen LogP contribution in [-0.2, 0) is 19.1 Å². The molecule has 136 valence electrons. The van der Waals surface area contributed by atoms with Crippen LogP contribution in [-0.4, -0.2) is 36.4 Å². The molecule has 0 saturated carbocycles. The summed E-state index contributed by atoms with van der Waals surface area (Å²) in [6.07, 6.45) is 9.24. The number of hydrogen-bond acceptors (Lipinski definition) is 5. The van der Waals surface area contributed by atoms with E-state index in [-0.39, 0.29) is 25.2 Å². The van der Waals surface area contributed by atoms with Crippen LogP contribution in [0, 0.1) is 0 Å². The van der Waals surface area contributed by atoms with Crippen molar-refractivity contribution in [1.82, 2.24) is 0 Å². The predicted molar refractivity (Wildman–Crippen MR) is 90.1 cm³/mol. The molecule has 0 aliphatic heterocycles. The standard InChI is InChI=1S/C18H34O5/c1-3-5-7-9-11-13-18(21)23-15-16(19)14-22-17(20)12-10-8-6-4-2/h16,19H,3-15H2,1-2H3. The van der Waals surface area contributed by atoms with Gasteiger partial charge in [-0.2, -0.15) is 0 Å². The molecule has 0 aliphatic rings. The second kappa shape index (κ2) is 15.8. The molecule has 23 heavy (non-hydrogen) atoms. The summed E-state index contributed by atoms with van der Waals surface area (Å²) in [6, 6.07) is 0. The lowest BCUT2D eigenvalue weighted by atomic mass is 10.1. The summed E-state index contributed by atoms with van der Waals surface area (Å²) in [6.45, 7) is 4.03. The van der Waals surface area contributed by atoms with Gasteiger partial charge in [0.15, 0.2) is 0 Å². The Morgan fingerprint density at radius 1 is 0.739 bits per heavy atom. The third-order valence-electron chi connectivity index (χ3n) is 3.59. The van der Waals surface area contributed by atoms with Crippen LogP contribution in [0.2, 0.25) is 0 Å². The number of carbonyl (C=O) groups excluding carboxylic acids is 2. The van der Waals surface area contributed by atoms with Crippen LogP contribution in [0.1, 0.15) is 84.5 Å². The largest absolute Gasteiger partial charge is 0.463 e. The van der Waals surface area contributed by atoms with E-state index in [4.69, 9.17) is 9.47 Å². The predicted octanol–water partition coefficient (Wildman–Crippen LogP) is 3.76. The van der Waals surface area contributed by atoms with E-state index < -0.39 is 6.10 Å². The number of esters is 2. The first-order chi connectivity index (χ1) is 11.1. The number of rotatable bonds is 15. The van der Waals surface area contributed by atoms with Crippen molar-refractivity contribution >= 4 is 11.9 Å². The van der Waals surface area contributed by atoms with E-state index in [2.05, 4.69) is 13.8 Å². The summed E-state index contributed by atoms with van der Waals surface area (Å²) >= 11 is 0. The van der Waals surface area contributed by atoms with Crippen molar-refractivity contribution in [2.45, 2.75) is 90.6 Å². The molecule has 0 radical (unpaired) electrons. The zero-order valence-electron chi connectivity index (χ0n) is 14.8. The fourth-order valence-corrected chi connectivity index (χ4v) is 2.14. The van der Waals surface area contributed by atoms with Crippen LogP contribution < -0.4 is 0 Å². The minimum absolute atomic E-state index is 0.114.